The van der Waals surface area contributed by atoms with E-state index in [-0.39, 0.29) is 30.2 Å². The molecule has 3 aliphatic heterocycles. The first kappa shape index (κ1) is 19.5. The van der Waals surface area contributed by atoms with Crippen molar-refractivity contribution in [1.29, 1.82) is 0 Å². The fourth-order valence-electron chi connectivity index (χ4n) is 5.40. The smallest absolute Gasteiger partial charge is 0.236 e. The molecule has 5 rings (SSSR count). The zero-order valence-corrected chi connectivity index (χ0v) is 17.6. The molecule has 5 nitrogen and oxygen atoms in total. The molecule has 0 saturated carbocycles. The standard InChI is InChI=1S/C26H24N2O3/c1-4-12-27-25(30)21-20-14-16(3)18-13-15(2)10-11-19(18)28(20)23(22(21)26(27)31)24(29)17-8-6-5-7-9-17/h4-11,13-14,20-23H,1,12H2,2-3H3/t20-,21-,22-,23+/m1/s1. The molecule has 0 aliphatic carbocycles. The highest BCUT2D eigenvalue weighted by molar-refractivity contribution is 6.14. The van der Waals surface area contributed by atoms with Crippen LogP contribution in [-0.2, 0) is 9.59 Å². The summed E-state index contributed by atoms with van der Waals surface area (Å²) >= 11 is 0. The van der Waals surface area contributed by atoms with Crippen molar-refractivity contribution in [3.8, 4) is 0 Å². The normalized spacial score (nSPS) is 26.3. The van der Waals surface area contributed by atoms with Crippen LogP contribution in [0, 0.1) is 18.8 Å². The molecule has 0 unspecified atom stereocenters. The van der Waals surface area contributed by atoms with Gasteiger partial charge in [0.05, 0.1) is 17.9 Å². The number of likely N-dealkylation sites (tertiary alicyclic amines) is 1. The van der Waals surface area contributed by atoms with Crippen molar-refractivity contribution >= 4 is 28.9 Å². The highest BCUT2D eigenvalue weighted by atomic mass is 16.2. The molecule has 3 aliphatic rings. The summed E-state index contributed by atoms with van der Waals surface area (Å²) in [5.41, 5.74) is 4.70. The Hall–Kier alpha value is -3.47. The molecule has 0 bridgehead atoms. The van der Waals surface area contributed by atoms with Gasteiger partial charge in [0.15, 0.2) is 5.78 Å². The first-order valence-electron chi connectivity index (χ1n) is 10.6. The van der Waals surface area contributed by atoms with Crippen molar-refractivity contribution < 1.29 is 14.4 Å². The van der Waals surface area contributed by atoms with Crippen molar-refractivity contribution in [3.63, 3.8) is 0 Å². The van der Waals surface area contributed by atoms with Gasteiger partial charge >= 0.3 is 0 Å². The lowest BCUT2D eigenvalue weighted by Crippen LogP contribution is -2.49. The Morgan fingerprint density at radius 1 is 1.03 bits per heavy atom. The molecular formula is C26H24N2O3. The van der Waals surface area contributed by atoms with E-state index in [1.807, 2.05) is 49.1 Å². The predicted molar refractivity (Wildman–Crippen MR) is 120 cm³/mol. The SMILES string of the molecule is C=CCN1C(=O)[C@@H]2[C@H](C1=O)[C@H]1C=C(C)c3cc(C)ccc3N1[C@@H]2C(=O)c1ccccc1. The Balaban J connectivity index is 1.70. The van der Waals surface area contributed by atoms with E-state index in [0.29, 0.717) is 5.56 Å². The van der Waals surface area contributed by atoms with E-state index < -0.39 is 17.9 Å². The number of hydrogen-bond donors (Lipinski definition) is 0. The molecule has 3 heterocycles. The van der Waals surface area contributed by atoms with E-state index >= 15 is 0 Å². The van der Waals surface area contributed by atoms with Crippen LogP contribution in [-0.4, -0.2) is 41.1 Å². The van der Waals surface area contributed by atoms with Crippen molar-refractivity contribution in [2.75, 3.05) is 11.4 Å². The average molecular weight is 412 g/mol. The quantitative estimate of drug-likeness (QED) is 0.437. The van der Waals surface area contributed by atoms with E-state index in [2.05, 4.69) is 18.7 Å². The van der Waals surface area contributed by atoms with E-state index in [9.17, 15) is 14.4 Å². The Bertz CT molecular complexity index is 1150. The monoisotopic (exact) mass is 412 g/mol. The number of hydrogen-bond acceptors (Lipinski definition) is 4. The number of rotatable bonds is 4. The van der Waals surface area contributed by atoms with Gasteiger partial charge in [0.1, 0.15) is 6.04 Å². The number of benzene rings is 2. The molecule has 4 atom stereocenters. The number of Topliss-reactive ketones (excluding diaryl/α,β-unsaturated/α-hetero) is 1. The molecule has 0 spiro atoms. The molecule has 2 amide bonds. The van der Waals surface area contributed by atoms with Crippen LogP contribution in [0.5, 0.6) is 0 Å². The van der Waals surface area contributed by atoms with E-state index in [4.69, 9.17) is 0 Å². The number of anilines is 1. The number of allylic oxidation sites excluding steroid dienone is 1. The third-order valence-electron chi connectivity index (χ3n) is 6.73. The largest absolute Gasteiger partial charge is 0.352 e. The summed E-state index contributed by atoms with van der Waals surface area (Å²) in [6.07, 6.45) is 3.61. The molecule has 0 radical (unpaired) electrons. The number of carbonyl (C=O) groups excluding carboxylic acids is 3. The van der Waals surface area contributed by atoms with Crippen molar-refractivity contribution in [1.82, 2.24) is 4.90 Å². The van der Waals surface area contributed by atoms with Crippen LogP contribution in [0.3, 0.4) is 0 Å². The maximum atomic E-state index is 13.8. The minimum Gasteiger partial charge on any atom is -0.352 e. The molecule has 156 valence electrons. The summed E-state index contributed by atoms with van der Waals surface area (Å²) in [4.78, 5) is 43.7. The van der Waals surface area contributed by atoms with Gasteiger partial charge in [0.2, 0.25) is 11.8 Å². The first-order chi connectivity index (χ1) is 14.9. The van der Waals surface area contributed by atoms with Crippen LogP contribution in [0.25, 0.3) is 5.57 Å². The third kappa shape index (κ3) is 2.73. The highest BCUT2D eigenvalue weighted by Gasteiger charge is 2.64. The minimum absolute atomic E-state index is 0.126. The van der Waals surface area contributed by atoms with Gasteiger partial charge < -0.3 is 4.90 Å². The van der Waals surface area contributed by atoms with Crippen molar-refractivity contribution in [2.24, 2.45) is 11.8 Å². The Kier molecular flexibility index (Phi) is 4.43. The molecule has 2 fully saturated rings. The molecule has 2 aromatic rings. The van der Waals surface area contributed by atoms with Gasteiger partial charge in [-0.2, -0.15) is 0 Å². The Labute approximate surface area is 181 Å². The summed E-state index contributed by atoms with van der Waals surface area (Å²) < 4.78 is 0. The van der Waals surface area contributed by atoms with E-state index in [1.54, 1.807) is 18.2 Å². The number of amides is 2. The number of ketones is 1. The average Bonchev–Trinajstić information content (AvgIpc) is 3.23. The van der Waals surface area contributed by atoms with Crippen molar-refractivity contribution in [2.45, 2.75) is 25.9 Å². The molecular weight excluding hydrogens is 388 g/mol. The van der Waals surface area contributed by atoms with Gasteiger partial charge in [0, 0.05) is 23.4 Å². The van der Waals surface area contributed by atoms with Gasteiger partial charge in [-0.05, 0) is 31.6 Å². The van der Waals surface area contributed by atoms with Crippen LogP contribution >= 0.6 is 0 Å². The lowest BCUT2D eigenvalue weighted by molar-refractivity contribution is -0.139. The molecule has 5 heteroatoms. The van der Waals surface area contributed by atoms with Gasteiger partial charge in [-0.1, -0.05) is 54.1 Å². The number of carbonyl (C=O) groups is 3. The summed E-state index contributed by atoms with van der Waals surface area (Å²) in [5, 5.41) is 0. The molecule has 0 N–H and O–H groups in total. The fraction of sp³-hybridized carbons (Fsp3) is 0.269. The predicted octanol–water partition coefficient (Wildman–Crippen LogP) is 3.64. The zero-order chi connectivity index (χ0) is 21.9. The van der Waals surface area contributed by atoms with E-state index in [0.717, 1.165) is 22.4 Å². The molecule has 0 aromatic heterocycles. The van der Waals surface area contributed by atoms with E-state index in [1.165, 1.54) is 4.90 Å². The van der Waals surface area contributed by atoms with Gasteiger partial charge in [-0.15, -0.1) is 6.58 Å². The lowest BCUT2D eigenvalue weighted by Gasteiger charge is -2.38. The maximum Gasteiger partial charge on any atom is 0.236 e. The van der Waals surface area contributed by atoms with Crippen LogP contribution in [0.15, 0.2) is 67.3 Å². The van der Waals surface area contributed by atoms with Crippen LogP contribution in [0.2, 0.25) is 0 Å². The second kappa shape index (κ2) is 7.05. The number of aryl methyl sites for hydroxylation is 1. The second-order valence-electron chi connectivity index (χ2n) is 8.57. The Morgan fingerprint density at radius 2 is 1.74 bits per heavy atom. The topological polar surface area (TPSA) is 57.7 Å². The minimum atomic E-state index is -0.727. The summed E-state index contributed by atoms with van der Waals surface area (Å²) in [7, 11) is 0. The van der Waals surface area contributed by atoms with Crippen LogP contribution < -0.4 is 4.90 Å². The first-order valence-corrected chi connectivity index (χ1v) is 10.6. The molecule has 2 saturated heterocycles. The summed E-state index contributed by atoms with van der Waals surface area (Å²) in [5.74, 6) is -1.90. The van der Waals surface area contributed by atoms with Gasteiger partial charge in [-0.3, -0.25) is 19.3 Å². The summed E-state index contributed by atoms with van der Waals surface area (Å²) in [6, 6.07) is 14.1. The number of fused-ring (bicyclic) bond motifs is 5. The van der Waals surface area contributed by atoms with Crippen LogP contribution in [0.4, 0.5) is 5.69 Å². The second-order valence-corrected chi connectivity index (χ2v) is 8.57. The maximum absolute atomic E-state index is 13.8. The van der Waals surface area contributed by atoms with Crippen molar-refractivity contribution in [3.05, 3.63) is 84.0 Å². The zero-order valence-electron chi connectivity index (χ0n) is 17.6. The molecule has 31 heavy (non-hydrogen) atoms. The number of nitrogens with zero attached hydrogens (tertiary/aromatic N) is 2. The third-order valence-corrected chi connectivity index (χ3v) is 6.73. The summed E-state index contributed by atoms with van der Waals surface area (Å²) in [6.45, 7) is 7.91. The van der Waals surface area contributed by atoms with Gasteiger partial charge in [-0.25, -0.2) is 0 Å². The van der Waals surface area contributed by atoms with Gasteiger partial charge in [0.25, 0.3) is 0 Å². The highest BCUT2D eigenvalue weighted by Crippen LogP contribution is 2.50. The fourth-order valence-corrected chi connectivity index (χ4v) is 5.40. The number of imide groups is 1. The lowest BCUT2D eigenvalue weighted by atomic mass is 9.85. The van der Waals surface area contributed by atoms with Crippen LogP contribution in [0.1, 0.15) is 28.4 Å². The Morgan fingerprint density at radius 3 is 2.45 bits per heavy atom. The molecule has 2 aromatic carbocycles.